The summed E-state index contributed by atoms with van der Waals surface area (Å²) in [7, 11) is 0. The average molecular weight is 622 g/mol. The highest BCUT2D eigenvalue weighted by molar-refractivity contribution is 7.28. The standard InChI is InChI=1S/C41H23N3S2/c1-5-13-31-25(9-1)23-34-39(42-30-12-4-6-14-32(30)44(31)34)24-17-19-26(20-18-24)43-33-22-21-28-27-10-2-7-15-35(27)45-40(28)38(33)37-29-11-3-8-16-36(29)46-41(37)43/h1-23H. The number of hydrogen-bond acceptors (Lipinski definition) is 3. The van der Waals surface area contributed by atoms with Crippen LogP contribution in [-0.2, 0) is 0 Å². The summed E-state index contributed by atoms with van der Waals surface area (Å²) in [4.78, 5) is 6.51. The SMILES string of the molecule is c1ccc2c(c1)cc1c(-c3ccc(-n4c5ccc6c7ccccc7sc6c5c5c6ccccc6sc54)cc3)nc3ccccc3n12. The van der Waals surface area contributed by atoms with Gasteiger partial charge >= 0.3 is 0 Å². The molecule has 0 saturated carbocycles. The number of fused-ring (bicyclic) bond motifs is 14. The van der Waals surface area contributed by atoms with E-state index in [2.05, 4.69) is 148 Å². The van der Waals surface area contributed by atoms with Gasteiger partial charge in [-0.2, -0.15) is 0 Å². The van der Waals surface area contributed by atoms with Gasteiger partial charge in [-0.05, 0) is 54.6 Å². The summed E-state index contributed by atoms with van der Waals surface area (Å²) in [6.45, 7) is 0. The van der Waals surface area contributed by atoms with Crippen molar-refractivity contribution in [2.24, 2.45) is 0 Å². The first kappa shape index (κ1) is 24.8. The lowest BCUT2D eigenvalue weighted by Gasteiger charge is -2.11. The van der Waals surface area contributed by atoms with E-state index in [1.165, 1.54) is 62.3 Å². The first-order valence-corrected chi connectivity index (χ1v) is 17.1. The maximum atomic E-state index is 5.22. The van der Waals surface area contributed by atoms with Gasteiger partial charge in [0.2, 0.25) is 0 Å². The first-order chi connectivity index (χ1) is 22.8. The third-order valence-corrected chi connectivity index (χ3v) is 11.9. The molecule has 3 nitrogen and oxygen atoms in total. The maximum absolute atomic E-state index is 5.22. The second-order valence-corrected chi connectivity index (χ2v) is 14.1. The van der Waals surface area contributed by atoms with Crippen LogP contribution >= 0.6 is 22.7 Å². The zero-order valence-electron chi connectivity index (χ0n) is 24.4. The number of para-hydroxylation sites is 3. The van der Waals surface area contributed by atoms with Crippen LogP contribution in [0.4, 0.5) is 0 Å². The Morgan fingerprint density at radius 2 is 1.22 bits per heavy atom. The van der Waals surface area contributed by atoms with E-state index in [0.29, 0.717) is 0 Å². The molecule has 46 heavy (non-hydrogen) atoms. The fourth-order valence-electron chi connectivity index (χ4n) is 7.50. The van der Waals surface area contributed by atoms with Crippen LogP contribution in [0.15, 0.2) is 140 Å². The van der Waals surface area contributed by atoms with E-state index >= 15 is 0 Å². The lowest BCUT2D eigenvalue weighted by Crippen LogP contribution is -1.96. The number of thiophene rings is 2. The third-order valence-electron chi connectivity index (χ3n) is 9.50. The van der Waals surface area contributed by atoms with Gasteiger partial charge in [0.05, 0.1) is 33.3 Å². The Bertz CT molecular complexity index is 3030. The molecular formula is C41H23N3S2. The van der Waals surface area contributed by atoms with E-state index in [1.54, 1.807) is 0 Å². The molecule has 0 aliphatic carbocycles. The molecule has 6 aromatic carbocycles. The van der Waals surface area contributed by atoms with Crippen molar-refractivity contribution in [1.82, 2.24) is 14.0 Å². The summed E-state index contributed by atoms with van der Waals surface area (Å²) < 4.78 is 8.85. The molecule has 0 atom stereocenters. The van der Waals surface area contributed by atoms with Gasteiger partial charge in [0.15, 0.2) is 0 Å². The molecule has 5 aromatic heterocycles. The first-order valence-electron chi connectivity index (χ1n) is 15.5. The molecule has 0 radical (unpaired) electrons. The average Bonchev–Trinajstić information content (AvgIpc) is 3.86. The Labute approximate surface area is 270 Å². The van der Waals surface area contributed by atoms with E-state index in [0.717, 1.165) is 33.5 Å². The van der Waals surface area contributed by atoms with Gasteiger partial charge in [-0.25, -0.2) is 4.98 Å². The molecule has 0 fully saturated rings. The van der Waals surface area contributed by atoms with Gasteiger partial charge in [-0.1, -0.05) is 84.9 Å². The van der Waals surface area contributed by atoms with Gasteiger partial charge in [0.25, 0.3) is 0 Å². The summed E-state index contributed by atoms with van der Waals surface area (Å²) in [6.07, 6.45) is 0. The highest BCUT2D eigenvalue weighted by Gasteiger charge is 2.21. The smallest absolute Gasteiger partial charge is 0.109 e. The normalized spacial score (nSPS) is 12.3. The van der Waals surface area contributed by atoms with Crippen molar-refractivity contribution >= 4 is 102 Å². The molecule has 11 rings (SSSR count). The van der Waals surface area contributed by atoms with Crippen LogP contribution in [0.5, 0.6) is 0 Å². The van der Waals surface area contributed by atoms with Crippen molar-refractivity contribution in [3.05, 3.63) is 140 Å². The van der Waals surface area contributed by atoms with E-state index in [1.807, 2.05) is 22.7 Å². The van der Waals surface area contributed by atoms with Crippen LogP contribution in [0, 0.1) is 0 Å². The fraction of sp³-hybridized carbons (Fsp3) is 0. The van der Waals surface area contributed by atoms with E-state index in [-0.39, 0.29) is 0 Å². The Balaban J connectivity index is 1.18. The van der Waals surface area contributed by atoms with Crippen molar-refractivity contribution < 1.29 is 0 Å². The summed E-state index contributed by atoms with van der Waals surface area (Å²) in [6, 6.07) is 50.6. The number of nitrogens with zero attached hydrogens (tertiary/aromatic N) is 3. The minimum absolute atomic E-state index is 0.992. The van der Waals surface area contributed by atoms with Crippen LogP contribution in [0.3, 0.4) is 0 Å². The largest absolute Gasteiger partial charge is 0.306 e. The van der Waals surface area contributed by atoms with Gasteiger partial charge in [0.1, 0.15) is 4.83 Å². The molecular weight excluding hydrogens is 599 g/mol. The van der Waals surface area contributed by atoms with E-state index in [9.17, 15) is 0 Å². The van der Waals surface area contributed by atoms with Crippen molar-refractivity contribution in [1.29, 1.82) is 0 Å². The number of rotatable bonds is 2. The topological polar surface area (TPSA) is 22.2 Å². The van der Waals surface area contributed by atoms with Crippen LogP contribution in [0.25, 0.3) is 95.8 Å². The molecule has 0 N–H and O–H groups in total. The molecule has 0 amide bonds. The summed E-state index contributed by atoms with van der Waals surface area (Å²) in [5, 5.41) is 7.93. The monoisotopic (exact) mass is 621 g/mol. The number of aromatic nitrogens is 3. The Hall–Kier alpha value is -5.49. The zero-order chi connectivity index (χ0) is 29.9. The highest BCUT2D eigenvalue weighted by atomic mass is 32.1. The Morgan fingerprint density at radius 1 is 0.500 bits per heavy atom. The molecule has 0 saturated heterocycles. The van der Waals surface area contributed by atoms with Gasteiger partial charge < -0.3 is 8.97 Å². The van der Waals surface area contributed by atoms with Gasteiger partial charge in [0, 0.05) is 57.7 Å². The minimum atomic E-state index is 0.992. The summed E-state index contributed by atoms with van der Waals surface area (Å²) in [5.41, 5.74) is 8.96. The minimum Gasteiger partial charge on any atom is -0.306 e. The van der Waals surface area contributed by atoms with Crippen molar-refractivity contribution in [3.63, 3.8) is 0 Å². The maximum Gasteiger partial charge on any atom is 0.109 e. The quantitative estimate of drug-likeness (QED) is 0.188. The van der Waals surface area contributed by atoms with Gasteiger partial charge in [-0.15, -0.1) is 22.7 Å². The molecule has 0 aliphatic rings. The van der Waals surface area contributed by atoms with E-state index < -0.39 is 0 Å². The number of hydrogen-bond donors (Lipinski definition) is 0. The van der Waals surface area contributed by atoms with Crippen molar-refractivity contribution in [2.75, 3.05) is 0 Å². The molecule has 0 spiro atoms. The molecule has 0 aliphatic heterocycles. The Morgan fingerprint density at radius 3 is 2.09 bits per heavy atom. The van der Waals surface area contributed by atoms with Crippen molar-refractivity contribution in [3.8, 4) is 16.9 Å². The van der Waals surface area contributed by atoms with Crippen LogP contribution < -0.4 is 0 Å². The highest BCUT2D eigenvalue weighted by Crippen LogP contribution is 2.48. The van der Waals surface area contributed by atoms with Gasteiger partial charge in [-0.3, -0.25) is 0 Å². The zero-order valence-corrected chi connectivity index (χ0v) is 26.1. The van der Waals surface area contributed by atoms with Crippen LogP contribution in [-0.4, -0.2) is 14.0 Å². The van der Waals surface area contributed by atoms with E-state index in [4.69, 9.17) is 4.98 Å². The molecule has 0 bridgehead atoms. The second-order valence-electron chi connectivity index (χ2n) is 12.0. The summed E-state index contributed by atoms with van der Waals surface area (Å²) >= 11 is 3.79. The molecule has 5 heteroatoms. The predicted octanol–water partition coefficient (Wildman–Crippen LogP) is 12.0. The second kappa shape index (κ2) is 9.04. The molecule has 5 heterocycles. The predicted molar refractivity (Wildman–Crippen MR) is 198 cm³/mol. The van der Waals surface area contributed by atoms with Crippen molar-refractivity contribution in [2.45, 2.75) is 0 Å². The fourth-order valence-corrected chi connectivity index (χ4v) is 9.99. The Kier molecular flexibility index (Phi) is 4.87. The lowest BCUT2D eigenvalue weighted by atomic mass is 10.1. The summed E-state index contributed by atoms with van der Waals surface area (Å²) in [5.74, 6) is 0. The lowest BCUT2D eigenvalue weighted by molar-refractivity contribution is 1.19. The molecule has 214 valence electrons. The third kappa shape index (κ3) is 3.23. The van der Waals surface area contributed by atoms with Crippen LogP contribution in [0.2, 0.25) is 0 Å². The molecule has 11 aromatic rings. The molecule has 0 unspecified atom stereocenters. The van der Waals surface area contributed by atoms with Crippen LogP contribution in [0.1, 0.15) is 0 Å². The number of benzene rings is 6.